The van der Waals surface area contributed by atoms with Crippen molar-refractivity contribution in [2.45, 2.75) is 63.9 Å². The summed E-state index contributed by atoms with van der Waals surface area (Å²) in [4.78, 5) is 4.29. The van der Waals surface area contributed by atoms with Crippen LogP contribution in [0, 0.1) is 11.3 Å². The van der Waals surface area contributed by atoms with E-state index in [-0.39, 0.29) is 6.61 Å². The van der Waals surface area contributed by atoms with Gasteiger partial charge in [0.15, 0.2) is 0 Å². The van der Waals surface area contributed by atoms with Crippen molar-refractivity contribution in [1.82, 2.24) is 9.38 Å². The highest BCUT2D eigenvalue weighted by Crippen LogP contribution is 2.54. The normalized spacial score (nSPS) is 27.3. The van der Waals surface area contributed by atoms with E-state index in [1.165, 1.54) is 24.8 Å². The predicted molar refractivity (Wildman–Crippen MR) is 93.9 cm³/mol. The van der Waals surface area contributed by atoms with Gasteiger partial charge in [0.05, 0.1) is 30.8 Å². The molecule has 24 heavy (non-hydrogen) atoms. The monoisotopic (exact) mass is 328 g/mol. The molecule has 3 unspecified atom stereocenters. The topological polar surface area (TPSA) is 57.8 Å². The molecule has 130 valence electrons. The first-order chi connectivity index (χ1) is 11.7. The summed E-state index contributed by atoms with van der Waals surface area (Å²) in [6, 6.07) is 2.17. The number of rotatable bonds is 5. The molecule has 2 aliphatic carbocycles. The van der Waals surface area contributed by atoms with Gasteiger partial charge >= 0.3 is 0 Å². The number of aliphatic hydroxyl groups is 2. The van der Waals surface area contributed by atoms with Crippen molar-refractivity contribution in [2.75, 3.05) is 6.61 Å². The minimum atomic E-state index is -0.615. The Labute approximate surface area is 143 Å². The maximum Gasteiger partial charge on any atom is 0.0992 e. The molecular weight excluding hydrogens is 300 g/mol. The number of aromatic nitrogens is 2. The predicted octanol–water partition coefficient (Wildman–Crippen LogP) is 3.82. The van der Waals surface area contributed by atoms with Crippen LogP contribution in [0.25, 0.3) is 5.52 Å². The van der Waals surface area contributed by atoms with E-state index in [0.29, 0.717) is 5.92 Å². The van der Waals surface area contributed by atoms with E-state index in [1.54, 1.807) is 6.33 Å². The highest BCUT2D eigenvalue weighted by Gasteiger charge is 2.44. The smallest absolute Gasteiger partial charge is 0.0992 e. The largest absolute Gasteiger partial charge is 0.396 e. The Balaban J connectivity index is 1.81. The van der Waals surface area contributed by atoms with Gasteiger partial charge in [0.1, 0.15) is 0 Å². The van der Waals surface area contributed by atoms with Crippen molar-refractivity contribution >= 4 is 5.52 Å². The van der Waals surface area contributed by atoms with E-state index in [0.717, 1.165) is 42.7 Å². The van der Waals surface area contributed by atoms with Crippen molar-refractivity contribution < 1.29 is 10.2 Å². The maximum atomic E-state index is 11.4. The molecule has 4 nitrogen and oxygen atoms in total. The first kappa shape index (κ1) is 16.1. The van der Waals surface area contributed by atoms with E-state index in [2.05, 4.69) is 24.2 Å². The molecule has 2 aromatic heterocycles. The van der Waals surface area contributed by atoms with Crippen LogP contribution in [0.1, 0.15) is 75.0 Å². The molecule has 0 saturated heterocycles. The molecule has 2 fully saturated rings. The van der Waals surface area contributed by atoms with Crippen LogP contribution in [0.4, 0.5) is 0 Å². The molecule has 0 radical (unpaired) electrons. The number of aliphatic hydroxyl groups excluding tert-OH is 2. The first-order valence-corrected chi connectivity index (χ1v) is 9.43. The van der Waals surface area contributed by atoms with E-state index >= 15 is 0 Å². The van der Waals surface area contributed by atoms with Gasteiger partial charge in [-0.05, 0) is 42.7 Å². The molecule has 0 aliphatic heterocycles. The van der Waals surface area contributed by atoms with Crippen LogP contribution in [0.15, 0.2) is 24.8 Å². The third-order valence-corrected chi connectivity index (χ3v) is 6.53. The van der Waals surface area contributed by atoms with Crippen LogP contribution < -0.4 is 0 Å². The maximum absolute atomic E-state index is 11.4. The Morgan fingerprint density at radius 1 is 1.33 bits per heavy atom. The third kappa shape index (κ3) is 2.47. The lowest BCUT2D eigenvalue weighted by molar-refractivity contribution is -0.0444. The highest BCUT2D eigenvalue weighted by atomic mass is 16.3. The minimum absolute atomic E-state index is 0.0602. The zero-order valence-electron chi connectivity index (χ0n) is 14.5. The van der Waals surface area contributed by atoms with Gasteiger partial charge in [-0.2, -0.15) is 0 Å². The molecule has 4 rings (SSSR count). The number of hydrogen-bond donors (Lipinski definition) is 2. The van der Waals surface area contributed by atoms with Crippen molar-refractivity contribution in [3.8, 4) is 0 Å². The quantitative estimate of drug-likeness (QED) is 0.877. The van der Waals surface area contributed by atoms with Gasteiger partial charge in [0.25, 0.3) is 0 Å². The number of pyridine rings is 1. The van der Waals surface area contributed by atoms with Gasteiger partial charge in [-0.1, -0.05) is 32.6 Å². The van der Waals surface area contributed by atoms with E-state index < -0.39 is 11.5 Å². The summed E-state index contributed by atoms with van der Waals surface area (Å²) in [7, 11) is 0. The second kappa shape index (κ2) is 6.16. The average molecular weight is 328 g/mol. The van der Waals surface area contributed by atoms with Crippen LogP contribution in [-0.4, -0.2) is 26.2 Å². The molecule has 2 aliphatic rings. The number of hydrogen-bond acceptors (Lipinski definition) is 3. The summed E-state index contributed by atoms with van der Waals surface area (Å²) < 4.78 is 2.00. The first-order valence-electron chi connectivity index (χ1n) is 9.43. The summed E-state index contributed by atoms with van der Waals surface area (Å²) in [6.07, 6.45) is 12.7. The van der Waals surface area contributed by atoms with Crippen molar-refractivity contribution in [2.24, 2.45) is 11.3 Å². The second-order valence-corrected chi connectivity index (χ2v) is 7.87. The second-order valence-electron chi connectivity index (χ2n) is 7.87. The van der Waals surface area contributed by atoms with Crippen molar-refractivity contribution in [3.63, 3.8) is 0 Å². The molecule has 0 aromatic carbocycles. The lowest BCUT2D eigenvalue weighted by Crippen LogP contribution is -2.35. The van der Waals surface area contributed by atoms with Gasteiger partial charge in [0, 0.05) is 17.2 Å². The number of nitrogens with zero attached hydrogens (tertiary/aromatic N) is 2. The fraction of sp³-hybridized carbons (Fsp3) is 0.650. The average Bonchev–Trinajstić information content (AvgIpc) is 3.27. The SMILES string of the molecule is CCC1CC1c1ccn2cncc2c1C(O)C1(CO)CCCCC1. The summed E-state index contributed by atoms with van der Waals surface area (Å²) >= 11 is 0. The summed E-state index contributed by atoms with van der Waals surface area (Å²) in [6.45, 7) is 2.30. The summed E-state index contributed by atoms with van der Waals surface area (Å²) in [5.74, 6) is 1.29. The molecule has 4 heteroatoms. The molecule has 2 aromatic rings. The summed E-state index contributed by atoms with van der Waals surface area (Å²) in [5.41, 5.74) is 2.91. The molecule has 2 N–H and O–H groups in total. The van der Waals surface area contributed by atoms with Crippen LogP contribution in [-0.2, 0) is 0 Å². The van der Waals surface area contributed by atoms with Crippen LogP contribution >= 0.6 is 0 Å². The minimum Gasteiger partial charge on any atom is -0.396 e. The Kier molecular flexibility index (Phi) is 4.13. The van der Waals surface area contributed by atoms with Crippen LogP contribution in [0.3, 0.4) is 0 Å². The Bertz CT molecular complexity index is 717. The molecule has 2 saturated carbocycles. The van der Waals surface area contributed by atoms with E-state index in [9.17, 15) is 10.2 Å². The molecule has 2 heterocycles. The van der Waals surface area contributed by atoms with Gasteiger partial charge in [-0.3, -0.25) is 0 Å². The lowest BCUT2D eigenvalue weighted by Gasteiger charge is -2.40. The lowest BCUT2D eigenvalue weighted by atomic mass is 9.68. The standard InChI is InChI=1S/C20H28N2O2/c1-2-14-10-16(14)15-6-9-22-13-21-11-17(22)18(15)19(24)20(12-23)7-4-3-5-8-20/h6,9,11,13-14,16,19,23-24H,2-5,7-8,10,12H2,1H3. The van der Waals surface area contributed by atoms with Crippen LogP contribution in [0.2, 0.25) is 0 Å². The molecule has 0 amide bonds. The van der Waals surface area contributed by atoms with E-state index in [1.807, 2.05) is 10.6 Å². The number of fused-ring (bicyclic) bond motifs is 1. The Morgan fingerprint density at radius 3 is 2.79 bits per heavy atom. The Morgan fingerprint density at radius 2 is 2.12 bits per heavy atom. The number of imidazole rings is 1. The van der Waals surface area contributed by atoms with Gasteiger partial charge in [-0.25, -0.2) is 4.98 Å². The van der Waals surface area contributed by atoms with Crippen LogP contribution in [0.5, 0.6) is 0 Å². The summed E-state index contributed by atoms with van der Waals surface area (Å²) in [5, 5.41) is 21.6. The molecule has 3 atom stereocenters. The third-order valence-electron chi connectivity index (χ3n) is 6.53. The van der Waals surface area contributed by atoms with E-state index in [4.69, 9.17) is 0 Å². The highest BCUT2D eigenvalue weighted by molar-refractivity contribution is 5.60. The fourth-order valence-corrected chi connectivity index (χ4v) is 4.81. The van der Waals surface area contributed by atoms with Crippen molar-refractivity contribution in [3.05, 3.63) is 35.9 Å². The van der Waals surface area contributed by atoms with Gasteiger partial charge in [0.2, 0.25) is 0 Å². The van der Waals surface area contributed by atoms with Gasteiger partial charge in [-0.15, -0.1) is 0 Å². The molecular formula is C20H28N2O2. The Hall–Kier alpha value is -1.39. The van der Waals surface area contributed by atoms with Crippen molar-refractivity contribution in [1.29, 1.82) is 0 Å². The van der Waals surface area contributed by atoms with Gasteiger partial charge < -0.3 is 14.6 Å². The molecule has 0 spiro atoms. The zero-order chi connectivity index (χ0) is 16.7. The molecule has 0 bridgehead atoms. The fourth-order valence-electron chi connectivity index (χ4n) is 4.81. The zero-order valence-corrected chi connectivity index (χ0v) is 14.5.